The molecule has 88 valence electrons. The highest BCUT2D eigenvalue weighted by molar-refractivity contribution is 9.10. The Bertz CT molecular complexity index is 372. The number of thioether (sulfide) groups is 1. The molecule has 1 heterocycles. The Kier molecular flexibility index (Phi) is 4.16. The van der Waals surface area contributed by atoms with Crippen LogP contribution in [0.25, 0.3) is 0 Å². The summed E-state index contributed by atoms with van der Waals surface area (Å²) >= 11 is 5.62. The van der Waals surface area contributed by atoms with E-state index in [0.717, 1.165) is 23.1 Å². The van der Waals surface area contributed by atoms with Crippen LogP contribution in [0.15, 0.2) is 22.7 Å². The van der Waals surface area contributed by atoms with Gasteiger partial charge in [0, 0.05) is 28.6 Å². The van der Waals surface area contributed by atoms with E-state index < -0.39 is 0 Å². The lowest BCUT2D eigenvalue weighted by molar-refractivity contribution is 0.282. The summed E-state index contributed by atoms with van der Waals surface area (Å²) in [5, 5.41) is 9.76. The molecule has 2 nitrogen and oxygen atoms in total. The van der Waals surface area contributed by atoms with Gasteiger partial charge < -0.3 is 10.0 Å². The van der Waals surface area contributed by atoms with Crippen molar-refractivity contribution in [1.82, 2.24) is 0 Å². The number of nitrogens with zero attached hydrogens (tertiary/aromatic N) is 1. The van der Waals surface area contributed by atoms with Gasteiger partial charge in [-0.15, -0.1) is 0 Å². The van der Waals surface area contributed by atoms with Gasteiger partial charge >= 0.3 is 0 Å². The van der Waals surface area contributed by atoms with Crippen molar-refractivity contribution >= 4 is 33.4 Å². The maximum absolute atomic E-state index is 9.07. The molecule has 0 spiro atoms. The molecular formula is C12H16BrNOS. The van der Waals surface area contributed by atoms with Gasteiger partial charge in [0.05, 0.1) is 12.3 Å². The lowest BCUT2D eigenvalue weighted by Gasteiger charge is -2.33. The molecular weight excluding hydrogens is 286 g/mol. The maximum atomic E-state index is 9.07. The van der Waals surface area contributed by atoms with Crippen molar-refractivity contribution in [1.29, 1.82) is 0 Å². The average Bonchev–Trinajstić information content (AvgIpc) is 2.28. The van der Waals surface area contributed by atoms with Crippen LogP contribution in [-0.2, 0) is 6.61 Å². The average molecular weight is 302 g/mol. The Labute approximate surface area is 109 Å². The van der Waals surface area contributed by atoms with E-state index in [0.29, 0.717) is 5.25 Å². The Morgan fingerprint density at radius 2 is 2.38 bits per heavy atom. The molecule has 1 unspecified atom stereocenters. The Morgan fingerprint density at radius 3 is 3.00 bits per heavy atom. The standard InChI is InChI=1S/C12H16BrNOS/c1-9-7-14(4-5-16-9)12-3-2-10(8-15)6-11(12)13/h2-3,6,9,15H,4-5,7-8H2,1H3. The number of anilines is 1. The predicted octanol–water partition coefficient (Wildman–Crippen LogP) is 2.88. The summed E-state index contributed by atoms with van der Waals surface area (Å²) in [5.74, 6) is 1.19. The first kappa shape index (κ1) is 12.3. The highest BCUT2D eigenvalue weighted by atomic mass is 79.9. The van der Waals surface area contributed by atoms with Gasteiger partial charge in [-0.3, -0.25) is 0 Å². The van der Waals surface area contributed by atoms with Gasteiger partial charge in [-0.25, -0.2) is 0 Å². The van der Waals surface area contributed by atoms with E-state index in [1.165, 1.54) is 11.4 Å². The summed E-state index contributed by atoms with van der Waals surface area (Å²) in [6, 6.07) is 6.09. The number of aliphatic hydroxyl groups excluding tert-OH is 1. The minimum Gasteiger partial charge on any atom is -0.392 e. The van der Waals surface area contributed by atoms with E-state index in [-0.39, 0.29) is 6.61 Å². The van der Waals surface area contributed by atoms with E-state index in [1.807, 2.05) is 23.9 Å². The number of aliphatic hydroxyl groups is 1. The highest BCUT2D eigenvalue weighted by Gasteiger charge is 2.18. The van der Waals surface area contributed by atoms with Gasteiger partial charge in [0.15, 0.2) is 0 Å². The maximum Gasteiger partial charge on any atom is 0.0682 e. The first-order valence-corrected chi connectivity index (χ1v) is 7.30. The normalized spacial score (nSPS) is 21.2. The molecule has 0 aliphatic carbocycles. The van der Waals surface area contributed by atoms with Crippen molar-refractivity contribution in [3.8, 4) is 0 Å². The zero-order valence-electron chi connectivity index (χ0n) is 9.32. The van der Waals surface area contributed by atoms with Gasteiger partial charge in [0.25, 0.3) is 0 Å². The Hall–Kier alpha value is -0.190. The SMILES string of the molecule is CC1CN(c2ccc(CO)cc2Br)CCS1. The molecule has 1 aliphatic heterocycles. The van der Waals surface area contributed by atoms with E-state index in [2.05, 4.69) is 33.8 Å². The summed E-state index contributed by atoms with van der Waals surface area (Å²) < 4.78 is 1.08. The summed E-state index contributed by atoms with van der Waals surface area (Å²) in [7, 11) is 0. The third kappa shape index (κ3) is 2.73. The molecule has 1 fully saturated rings. The molecule has 0 saturated carbocycles. The molecule has 1 aromatic carbocycles. The van der Waals surface area contributed by atoms with Crippen molar-refractivity contribution in [2.45, 2.75) is 18.8 Å². The van der Waals surface area contributed by atoms with Crippen LogP contribution in [0.2, 0.25) is 0 Å². The van der Waals surface area contributed by atoms with E-state index in [4.69, 9.17) is 5.11 Å². The highest BCUT2D eigenvalue weighted by Crippen LogP contribution is 2.30. The smallest absolute Gasteiger partial charge is 0.0682 e. The molecule has 0 aromatic heterocycles. The molecule has 1 atom stereocenters. The first-order chi connectivity index (χ1) is 7.70. The monoisotopic (exact) mass is 301 g/mol. The number of hydrogen-bond acceptors (Lipinski definition) is 3. The summed E-state index contributed by atoms with van der Waals surface area (Å²) in [6.07, 6.45) is 0. The van der Waals surface area contributed by atoms with Gasteiger partial charge in [0.1, 0.15) is 0 Å². The van der Waals surface area contributed by atoms with Crippen LogP contribution in [0.3, 0.4) is 0 Å². The molecule has 16 heavy (non-hydrogen) atoms. The molecule has 1 aromatic rings. The molecule has 1 N–H and O–H groups in total. The molecule has 1 aliphatic rings. The zero-order valence-corrected chi connectivity index (χ0v) is 11.7. The van der Waals surface area contributed by atoms with Crippen LogP contribution in [-0.4, -0.2) is 29.2 Å². The molecule has 0 amide bonds. The van der Waals surface area contributed by atoms with Crippen molar-refractivity contribution < 1.29 is 5.11 Å². The summed E-state index contributed by atoms with van der Waals surface area (Å²) in [6.45, 7) is 4.58. The minimum absolute atomic E-state index is 0.102. The molecule has 2 rings (SSSR count). The van der Waals surface area contributed by atoms with Crippen molar-refractivity contribution in [3.05, 3.63) is 28.2 Å². The van der Waals surface area contributed by atoms with Crippen LogP contribution < -0.4 is 4.90 Å². The van der Waals surface area contributed by atoms with Crippen LogP contribution in [0, 0.1) is 0 Å². The Balaban J connectivity index is 2.19. The molecule has 0 bridgehead atoms. The Morgan fingerprint density at radius 1 is 1.56 bits per heavy atom. The number of rotatable bonds is 2. The predicted molar refractivity (Wildman–Crippen MR) is 74.2 cm³/mol. The van der Waals surface area contributed by atoms with Crippen molar-refractivity contribution in [3.63, 3.8) is 0 Å². The minimum atomic E-state index is 0.102. The summed E-state index contributed by atoms with van der Waals surface area (Å²) in [5.41, 5.74) is 2.19. The van der Waals surface area contributed by atoms with Crippen LogP contribution in [0.5, 0.6) is 0 Å². The van der Waals surface area contributed by atoms with E-state index in [1.54, 1.807) is 0 Å². The van der Waals surface area contributed by atoms with Crippen molar-refractivity contribution in [2.24, 2.45) is 0 Å². The molecule has 1 saturated heterocycles. The molecule has 4 heteroatoms. The topological polar surface area (TPSA) is 23.5 Å². The zero-order chi connectivity index (χ0) is 11.5. The van der Waals surface area contributed by atoms with Crippen molar-refractivity contribution in [2.75, 3.05) is 23.7 Å². The number of halogens is 1. The number of benzene rings is 1. The number of hydrogen-bond donors (Lipinski definition) is 1. The fraction of sp³-hybridized carbons (Fsp3) is 0.500. The quantitative estimate of drug-likeness (QED) is 0.909. The first-order valence-electron chi connectivity index (χ1n) is 5.46. The summed E-state index contributed by atoms with van der Waals surface area (Å²) in [4.78, 5) is 2.41. The fourth-order valence-corrected chi connectivity index (χ4v) is 3.63. The van der Waals surface area contributed by atoms with Gasteiger partial charge in [-0.1, -0.05) is 13.0 Å². The van der Waals surface area contributed by atoms with Crippen LogP contribution in [0.4, 0.5) is 5.69 Å². The lowest BCUT2D eigenvalue weighted by Crippen LogP contribution is -2.36. The van der Waals surface area contributed by atoms with E-state index >= 15 is 0 Å². The third-order valence-electron chi connectivity index (χ3n) is 2.78. The van der Waals surface area contributed by atoms with Gasteiger partial charge in [-0.2, -0.15) is 11.8 Å². The fourth-order valence-electron chi connectivity index (χ4n) is 1.94. The third-order valence-corrected chi connectivity index (χ3v) is 4.55. The second kappa shape index (κ2) is 5.43. The van der Waals surface area contributed by atoms with Crippen LogP contribution in [0.1, 0.15) is 12.5 Å². The van der Waals surface area contributed by atoms with E-state index in [9.17, 15) is 0 Å². The van der Waals surface area contributed by atoms with Crippen LogP contribution >= 0.6 is 27.7 Å². The molecule has 0 radical (unpaired) electrons. The largest absolute Gasteiger partial charge is 0.392 e. The van der Waals surface area contributed by atoms with Gasteiger partial charge in [0.2, 0.25) is 0 Å². The van der Waals surface area contributed by atoms with Gasteiger partial charge in [-0.05, 0) is 33.6 Å². The lowest BCUT2D eigenvalue weighted by atomic mass is 10.2. The second-order valence-electron chi connectivity index (χ2n) is 4.07. The second-order valence-corrected chi connectivity index (χ2v) is 6.47.